The van der Waals surface area contributed by atoms with E-state index in [2.05, 4.69) is 13.8 Å². The third-order valence-corrected chi connectivity index (χ3v) is 8.28. The number of carbonyl (C=O) groups excluding carboxylic acids is 3. The van der Waals surface area contributed by atoms with Crippen molar-refractivity contribution < 1.29 is 23.9 Å². The average Bonchev–Trinajstić information content (AvgIpc) is 2.83. The number of ether oxygens (including phenoxy) is 2. The molecule has 0 amide bonds. The molecule has 3 saturated heterocycles. The largest absolute Gasteiger partial charge is 0.455 e. The first-order valence-electron chi connectivity index (χ1n) is 11.1. The van der Waals surface area contributed by atoms with Crippen molar-refractivity contribution in [2.45, 2.75) is 91.0 Å². The van der Waals surface area contributed by atoms with E-state index < -0.39 is 23.1 Å². The quantitative estimate of drug-likeness (QED) is 0.466. The van der Waals surface area contributed by atoms with Crippen molar-refractivity contribution in [3.8, 4) is 0 Å². The zero-order valence-corrected chi connectivity index (χ0v) is 17.8. The van der Waals surface area contributed by atoms with E-state index in [0.29, 0.717) is 18.8 Å². The molecule has 5 nitrogen and oxygen atoms in total. The summed E-state index contributed by atoms with van der Waals surface area (Å²) in [6.45, 7) is 9.96. The number of fused-ring (bicyclic) bond motifs is 1. The predicted molar refractivity (Wildman–Crippen MR) is 103 cm³/mol. The molecule has 1 spiro atoms. The van der Waals surface area contributed by atoms with Crippen LogP contribution in [0.1, 0.15) is 73.1 Å². The fourth-order valence-electron chi connectivity index (χ4n) is 6.70. The minimum absolute atomic E-state index is 0.0438. The molecular weight excluding hydrogens is 356 g/mol. The highest BCUT2D eigenvalue weighted by molar-refractivity contribution is 6.07. The number of Topliss-reactive ketones (excluding diaryl/α,β-unsaturated/α-hetero) is 2. The van der Waals surface area contributed by atoms with Gasteiger partial charge in [0.2, 0.25) is 0 Å². The van der Waals surface area contributed by atoms with Crippen LogP contribution in [-0.4, -0.2) is 35.3 Å². The summed E-state index contributed by atoms with van der Waals surface area (Å²) in [5.41, 5.74) is -2.10. The van der Waals surface area contributed by atoms with Crippen LogP contribution in [-0.2, 0) is 23.9 Å². The van der Waals surface area contributed by atoms with Crippen molar-refractivity contribution in [1.82, 2.24) is 0 Å². The van der Waals surface area contributed by atoms with Crippen molar-refractivity contribution in [1.29, 1.82) is 0 Å². The van der Waals surface area contributed by atoms with Gasteiger partial charge in [0, 0.05) is 24.2 Å². The molecule has 4 aliphatic rings. The van der Waals surface area contributed by atoms with E-state index in [1.54, 1.807) is 6.92 Å². The predicted octanol–water partition coefficient (Wildman–Crippen LogP) is 3.72. The van der Waals surface area contributed by atoms with Gasteiger partial charge in [-0.05, 0) is 38.0 Å². The van der Waals surface area contributed by atoms with Crippen molar-refractivity contribution >= 4 is 17.5 Å². The maximum atomic E-state index is 13.5. The number of carbonyl (C=O) groups is 3. The molecule has 3 heterocycles. The number of hydrogen-bond donors (Lipinski definition) is 0. The van der Waals surface area contributed by atoms with Gasteiger partial charge in [0.05, 0.1) is 6.10 Å². The van der Waals surface area contributed by atoms with Crippen LogP contribution in [0.5, 0.6) is 0 Å². The second-order valence-corrected chi connectivity index (χ2v) is 10.4. The van der Waals surface area contributed by atoms with E-state index >= 15 is 0 Å². The van der Waals surface area contributed by atoms with E-state index in [1.165, 1.54) is 0 Å². The van der Waals surface area contributed by atoms with Crippen molar-refractivity contribution in [2.75, 3.05) is 0 Å². The van der Waals surface area contributed by atoms with Crippen LogP contribution in [0.15, 0.2) is 0 Å². The van der Waals surface area contributed by atoms with E-state index in [0.717, 1.165) is 25.7 Å². The molecule has 0 aromatic heterocycles. The first-order chi connectivity index (χ1) is 13.1. The van der Waals surface area contributed by atoms with E-state index in [4.69, 9.17) is 9.47 Å². The molecular formula is C23H34O5. The summed E-state index contributed by atoms with van der Waals surface area (Å²) in [6.07, 6.45) is 4.05. The minimum atomic E-state index is -1.26. The summed E-state index contributed by atoms with van der Waals surface area (Å²) in [6, 6.07) is 0. The highest BCUT2D eigenvalue weighted by atomic mass is 16.6. The van der Waals surface area contributed by atoms with Crippen molar-refractivity contribution in [3.63, 3.8) is 0 Å². The van der Waals surface area contributed by atoms with Crippen LogP contribution < -0.4 is 0 Å². The molecule has 1 aliphatic carbocycles. The molecule has 1 saturated carbocycles. The summed E-state index contributed by atoms with van der Waals surface area (Å²) in [5.74, 6) is -0.0279. The van der Waals surface area contributed by atoms with Crippen LogP contribution in [0.2, 0.25) is 0 Å². The number of esters is 1. The van der Waals surface area contributed by atoms with Crippen molar-refractivity contribution in [2.24, 2.45) is 35.0 Å². The number of ketones is 2. The lowest BCUT2D eigenvalue weighted by molar-refractivity contribution is -0.207. The Morgan fingerprint density at radius 1 is 1.04 bits per heavy atom. The lowest BCUT2D eigenvalue weighted by Gasteiger charge is -2.50. The topological polar surface area (TPSA) is 69.7 Å². The average molecular weight is 391 g/mol. The summed E-state index contributed by atoms with van der Waals surface area (Å²) >= 11 is 0. The van der Waals surface area contributed by atoms with Crippen LogP contribution in [0.25, 0.3) is 0 Å². The fourth-order valence-corrected chi connectivity index (χ4v) is 6.70. The molecule has 0 aromatic carbocycles. The van der Waals surface area contributed by atoms with Gasteiger partial charge in [0.15, 0.2) is 11.2 Å². The van der Waals surface area contributed by atoms with Crippen LogP contribution in [0.3, 0.4) is 0 Å². The Bertz CT molecular complexity index is 701. The summed E-state index contributed by atoms with van der Waals surface area (Å²) in [7, 11) is 0. The molecule has 2 bridgehead atoms. The Labute approximate surface area is 167 Å². The highest BCUT2D eigenvalue weighted by Crippen LogP contribution is 2.58. The van der Waals surface area contributed by atoms with E-state index in [9.17, 15) is 14.4 Å². The van der Waals surface area contributed by atoms with E-state index in [1.807, 2.05) is 13.8 Å². The molecule has 5 heteroatoms. The third-order valence-electron chi connectivity index (χ3n) is 8.28. The Hall–Kier alpha value is -1.23. The summed E-state index contributed by atoms with van der Waals surface area (Å²) in [5, 5.41) is 0. The Kier molecular flexibility index (Phi) is 4.76. The Morgan fingerprint density at radius 3 is 2.46 bits per heavy atom. The lowest BCUT2D eigenvalue weighted by atomic mass is 9.60. The van der Waals surface area contributed by atoms with Gasteiger partial charge in [-0.3, -0.25) is 14.4 Å². The van der Waals surface area contributed by atoms with Gasteiger partial charge >= 0.3 is 5.97 Å². The van der Waals surface area contributed by atoms with Gasteiger partial charge in [-0.1, -0.05) is 40.5 Å². The van der Waals surface area contributed by atoms with Crippen LogP contribution >= 0.6 is 0 Å². The zero-order valence-electron chi connectivity index (χ0n) is 17.8. The second kappa shape index (κ2) is 6.65. The fraction of sp³-hybridized carbons (Fsp3) is 0.870. The zero-order chi connectivity index (χ0) is 20.4. The highest BCUT2D eigenvalue weighted by Gasteiger charge is 2.73. The molecule has 0 N–H and O–H groups in total. The van der Waals surface area contributed by atoms with Crippen LogP contribution in [0.4, 0.5) is 0 Å². The molecule has 0 radical (unpaired) electrons. The monoisotopic (exact) mass is 390 g/mol. The number of rotatable bonds is 0. The van der Waals surface area contributed by atoms with Crippen LogP contribution in [0, 0.1) is 35.0 Å². The molecule has 9 atom stereocenters. The second-order valence-electron chi connectivity index (χ2n) is 10.4. The molecule has 4 fully saturated rings. The molecule has 3 aliphatic heterocycles. The Morgan fingerprint density at radius 2 is 1.75 bits per heavy atom. The third kappa shape index (κ3) is 2.64. The van der Waals surface area contributed by atoms with Gasteiger partial charge < -0.3 is 9.47 Å². The van der Waals surface area contributed by atoms with Gasteiger partial charge in [-0.2, -0.15) is 0 Å². The molecule has 0 unspecified atom stereocenters. The normalized spacial score (nSPS) is 51.9. The summed E-state index contributed by atoms with van der Waals surface area (Å²) in [4.78, 5) is 39.1. The van der Waals surface area contributed by atoms with Gasteiger partial charge in [0.25, 0.3) is 0 Å². The summed E-state index contributed by atoms with van der Waals surface area (Å²) < 4.78 is 12.8. The molecule has 0 aromatic rings. The number of hydrogen-bond acceptors (Lipinski definition) is 5. The van der Waals surface area contributed by atoms with Gasteiger partial charge in [-0.25, -0.2) is 0 Å². The minimum Gasteiger partial charge on any atom is -0.455 e. The maximum absolute atomic E-state index is 13.5. The molecule has 28 heavy (non-hydrogen) atoms. The standard InChI is InChI=1S/C23H34O5/c1-12-7-6-8-16-10-17(24)14(3)11-23(16)20-22(5,21(26)28-23)19(25)15(4)18(27-20)13(2)9-12/h12-16,18,20H,6-11H2,1-5H3/t12-,13-,14+,15+,16+,18-,20-,22+,23+/m1/s1. The van der Waals surface area contributed by atoms with E-state index in [-0.39, 0.29) is 41.3 Å². The van der Waals surface area contributed by atoms with Gasteiger partial charge in [-0.15, -0.1) is 0 Å². The smallest absolute Gasteiger partial charge is 0.322 e. The molecule has 4 rings (SSSR count). The first kappa shape index (κ1) is 20.1. The first-order valence-corrected chi connectivity index (χ1v) is 11.1. The Balaban J connectivity index is 1.84. The maximum Gasteiger partial charge on any atom is 0.322 e. The van der Waals surface area contributed by atoms with Gasteiger partial charge in [0.1, 0.15) is 17.5 Å². The lowest BCUT2D eigenvalue weighted by Crippen LogP contribution is -2.63. The SMILES string of the molecule is C[C@@H]1CCC[C@H]2CC(=O)[C@@H](C)C[C@]23OC(=O)[C@@]2(C)C(=O)[C@@H](C)[C@H](O[C@H]23)[C@H](C)C1. The van der Waals surface area contributed by atoms with Crippen molar-refractivity contribution in [3.05, 3.63) is 0 Å². The molecule has 156 valence electrons.